The fourth-order valence-electron chi connectivity index (χ4n) is 2.35. The summed E-state index contributed by atoms with van der Waals surface area (Å²) in [6, 6.07) is 7.90. The van der Waals surface area contributed by atoms with Crippen molar-refractivity contribution in [2.24, 2.45) is 0 Å². The molecule has 0 saturated heterocycles. The van der Waals surface area contributed by atoms with E-state index in [4.69, 9.17) is 18.9 Å². The predicted molar refractivity (Wildman–Crippen MR) is 94.7 cm³/mol. The minimum absolute atomic E-state index is 0.113. The number of benzene rings is 2. The van der Waals surface area contributed by atoms with Gasteiger partial charge in [0, 0.05) is 5.56 Å². The molecule has 2 aromatic rings. The molecule has 2 N–H and O–H groups in total. The van der Waals surface area contributed by atoms with E-state index in [1.807, 2.05) is 0 Å². The van der Waals surface area contributed by atoms with Crippen LogP contribution in [0.2, 0.25) is 0 Å². The summed E-state index contributed by atoms with van der Waals surface area (Å²) in [6.07, 6.45) is 0. The van der Waals surface area contributed by atoms with Crippen molar-refractivity contribution in [3.8, 4) is 23.0 Å². The maximum absolute atomic E-state index is 12.4. The molecule has 9 heteroatoms. The van der Waals surface area contributed by atoms with Gasteiger partial charge >= 0.3 is 0 Å². The van der Waals surface area contributed by atoms with Crippen LogP contribution >= 0.6 is 15.9 Å². The van der Waals surface area contributed by atoms with E-state index in [0.29, 0.717) is 33.0 Å². The highest BCUT2D eigenvalue weighted by molar-refractivity contribution is 9.10. The molecule has 0 unspecified atom stereocenters. The Morgan fingerprint density at radius 3 is 2.46 bits per heavy atom. The number of nitrogens with one attached hydrogen (secondary N) is 2. The minimum Gasteiger partial charge on any atom is -0.497 e. The molecule has 3 rings (SSSR count). The molecule has 2 aromatic carbocycles. The van der Waals surface area contributed by atoms with Gasteiger partial charge in [-0.1, -0.05) is 0 Å². The molecular weight excluding hydrogens is 408 g/mol. The second kappa shape index (κ2) is 7.52. The molecular formula is C17H15BrN2O6. The van der Waals surface area contributed by atoms with Crippen LogP contribution in [0.3, 0.4) is 0 Å². The van der Waals surface area contributed by atoms with Crippen LogP contribution in [0, 0.1) is 0 Å². The first-order valence-corrected chi connectivity index (χ1v) is 8.24. The van der Waals surface area contributed by atoms with Crippen LogP contribution in [0.15, 0.2) is 34.8 Å². The van der Waals surface area contributed by atoms with Crippen molar-refractivity contribution in [3.63, 3.8) is 0 Å². The van der Waals surface area contributed by atoms with Gasteiger partial charge < -0.3 is 18.9 Å². The predicted octanol–water partition coefficient (Wildman–Crippen LogP) is 2.27. The van der Waals surface area contributed by atoms with Crippen LogP contribution in [-0.4, -0.2) is 32.8 Å². The number of fused-ring (bicyclic) bond motifs is 1. The topological polar surface area (TPSA) is 95.1 Å². The molecule has 0 aliphatic carbocycles. The zero-order chi connectivity index (χ0) is 18.7. The third-order valence-electron chi connectivity index (χ3n) is 3.63. The lowest BCUT2D eigenvalue weighted by Gasteiger charge is -2.13. The van der Waals surface area contributed by atoms with E-state index in [0.717, 1.165) is 0 Å². The smallest absolute Gasteiger partial charge is 0.273 e. The number of methoxy groups -OCH3 is 2. The average molecular weight is 423 g/mol. The first kappa shape index (κ1) is 17.9. The summed E-state index contributed by atoms with van der Waals surface area (Å²) in [5, 5.41) is 0. The molecule has 2 amide bonds. The van der Waals surface area contributed by atoms with Crippen LogP contribution in [0.1, 0.15) is 20.7 Å². The summed E-state index contributed by atoms with van der Waals surface area (Å²) in [5.41, 5.74) is 5.21. The summed E-state index contributed by atoms with van der Waals surface area (Å²) in [5.74, 6) is 0.762. The van der Waals surface area contributed by atoms with E-state index < -0.39 is 11.8 Å². The molecule has 0 saturated carbocycles. The largest absolute Gasteiger partial charge is 0.497 e. The highest BCUT2D eigenvalue weighted by Gasteiger charge is 2.19. The summed E-state index contributed by atoms with van der Waals surface area (Å²) < 4.78 is 21.3. The van der Waals surface area contributed by atoms with Gasteiger partial charge in [0.15, 0.2) is 11.5 Å². The lowest BCUT2D eigenvalue weighted by atomic mass is 10.1. The third-order valence-corrected chi connectivity index (χ3v) is 4.21. The molecule has 8 nitrogen and oxygen atoms in total. The fraction of sp³-hybridized carbons (Fsp3) is 0.176. The number of carbonyl (C=O) groups is 2. The van der Waals surface area contributed by atoms with E-state index in [1.54, 1.807) is 18.2 Å². The Balaban J connectivity index is 1.72. The number of rotatable bonds is 4. The van der Waals surface area contributed by atoms with E-state index in [-0.39, 0.29) is 12.4 Å². The maximum atomic E-state index is 12.4. The number of hydrogen-bond donors (Lipinski definition) is 2. The molecule has 0 spiro atoms. The zero-order valence-electron chi connectivity index (χ0n) is 13.9. The fourth-order valence-corrected chi connectivity index (χ4v) is 2.95. The Kier molecular flexibility index (Phi) is 5.17. The van der Waals surface area contributed by atoms with Gasteiger partial charge in [-0.05, 0) is 46.3 Å². The molecule has 0 aromatic heterocycles. The van der Waals surface area contributed by atoms with Crippen molar-refractivity contribution in [2.75, 3.05) is 21.0 Å². The first-order valence-electron chi connectivity index (χ1n) is 7.45. The molecule has 1 aliphatic heterocycles. The summed E-state index contributed by atoms with van der Waals surface area (Å²) in [7, 11) is 2.92. The van der Waals surface area contributed by atoms with Gasteiger partial charge in [0.25, 0.3) is 11.8 Å². The highest BCUT2D eigenvalue weighted by Crippen LogP contribution is 2.34. The monoisotopic (exact) mass is 422 g/mol. The van der Waals surface area contributed by atoms with E-state index >= 15 is 0 Å². The van der Waals surface area contributed by atoms with Gasteiger partial charge in [0.2, 0.25) is 6.79 Å². The van der Waals surface area contributed by atoms with Crippen molar-refractivity contribution in [1.82, 2.24) is 10.9 Å². The lowest BCUT2D eigenvalue weighted by molar-refractivity contribution is 0.0844. The molecule has 0 bridgehead atoms. The lowest BCUT2D eigenvalue weighted by Crippen LogP contribution is -2.41. The van der Waals surface area contributed by atoms with E-state index in [2.05, 4.69) is 26.8 Å². The van der Waals surface area contributed by atoms with E-state index in [1.165, 1.54) is 26.4 Å². The Morgan fingerprint density at radius 2 is 1.73 bits per heavy atom. The highest BCUT2D eigenvalue weighted by atomic mass is 79.9. The standard InChI is InChI=1S/C17H15BrN2O6/c1-23-10-6-11(15(24-2)12(18)7-10)17(22)20-19-16(21)9-3-4-13-14(5-9)26-8-25-13/h3-7H,8H2,1-2H3,(H,19,21)(H,20,22). The number of carbonyl (C=O) groups excluding carboxylic acids is 2. The second-order valence-electron chi connectivity index (χ2n) is 5.17. The van der Waals surface area contributed by atoms with Crippen molar-refractivity contribution in [3.05, 3.63) is 45.9 Å². The van der Waals surface area contributed by atoms with E-state index in [9.17, 15) is 9.59 Å². The van der Waals surface area contributed by atoms with Crippen LogP contribution < -0.4 is 29.8 Å². The number of hydrogen-bond acceptors (Lipinski definition) is 6. The molecule has 0 fully saturated rings. The molecule has 136 valence electrons. The van der Waals surface area contributed by atoms with Crippen molar-refractivity contribution in [1.29, 1.82) is 0 Å². The number of hydrazine groups is 1. The van der Waals surface area contributed by atoms with Gasteiger partial charge in [0.05, 0.1) is 24.3 Å². The SMILES string of the molecule is COc1cc(Br)c(OC)c(C(=O)NNC(=O)c2ccc3c(c2)OCO3)c1. The number of ether oxygens (including phenoxy) is 4. The van der Waals surface area contributed by atoms with Gasteiger partial charge in [-0.25, -0.2) is 0 Å². The Labute approximate surface area is 157 Å². The third kappa shape index (κ3) is 3.52. The number of halogens is 1. The Bertz CT molecular complexity index is 871. The normalized spacial score (nSPS) is 11.7. The zero-order valence-corrected chi connectivity index (χ0v) is 15.5. The van der Waals surface area contributed by atoms with Gasteiger partial charge in [-0.2, -0.15) is 0 Å². The van der Waals surface area contributed by atoms with Crippen LogP contribution in [-0.2, 0) is 0 Å². The minimum atomic E-state index is -0.560. The Morgan fingerprint density at radius 1 is 1.00 bits per heavy atom. The summed E-state index contributed by atoms with van der Waals surface area (Å²) in [4.78, 5) is 24.7. The van der Waals surface area contributed by atoms with Gasteiger partial charge in [-0.15, -0.1) is 0 Å². The summed E-state index contributed by atoms with van der Waals surface area (Å²) in [6.45, 7) is 0.113. The second-order valence-corrected chi connectivity index (χ2v) is 6.02. The Hall–Kier alpha value is -2.94. The molecule has 1 aliphatic rings. The maximum Gasteiger partial charge on any atom is 0.273 e. The molecule has 1 heterocycles. The number of amides is 2. The molecule has 26 heavy (non-hydrogen) atoms. The van der Waals surface area contributed by atoms with Gasteiger partial charge in [-0.3, -0.25) is 20.4 Å². The van der Waals surface area contributed by atoms with Crippen molar-refractivity contribution in [2.45, 2.75) is 0 Å². The van der Waals surface area contributed by atoms with Crippen LogP contribution in [0.5, 0.6) is 23.0 Å². The average Bonchev–Trinajstić information content (AvgIpc) is 3.12. The van der Waals surface area contributed by atoms with Crippen LogP contribution in [0.4, 0.5) is 0 Å². The van der Waals surface area contributed by atoms with Gasteiger partial charge in [0.1, 0.15) is 11.5 Å². The van der Waals surface area contributed by atoms with Crippen LogP contribution in [0.25, 0.3) is 0 Å². The summed E-state index contributed by atoms with van der Waals surface area (Å²) >= 11 is 3.31. The first-order chi connectivity index (χ1) is 12.5. The van der Waals surface area contributed by atoms with Crippen molar-refractivity contribution >= 4 is 27.7 Å². The molecule has 0 atom stereocenters. The van der Waals surface area contributed by atoms with Crippen molar-refractivity contribution < 1.29 is 28.5 Å². The molecule has 0 radical (unpaired) electrons. The quantitative estimate of drug-likeness (QED) is 0.733.